The molecule has 84 valence electrons. The Balaban J connectivity index is 1.68. The Morgan fingerprint density at radius 2 is 2.53 bits per heavy atom. The molecule has 1 atom stereocenters. The van der Waals surface area contributed by atoms with Crippen molar-refractivity contribution >= 4 is 0 Å². The summed E-state index contributed by atoms with van der Waals surface area (Å²) in [5.41, 5.74) is 6.46. The lowest BCUT2D eigenvalue weighted by Gasteiger charge is -2.08. The van der Waals surface area contributed by atoms with Crippen LogP contribution in [0.2, 0.25) is 0 Å². The number of aromatic nitrogens is 2. The van der Waals surface area contributed by atoms with Crippen LogP contribution in [0, 0.1) is 0 Å². The zero-order chi connectivity index (χ0) is 10.5. The van der Waals surface area contributed by atoms with E-state index in [9.17, 15) is 0 Å². The van der Waals surface area contributed by atoms with Gasteiger partial charge >= 0.3 is 0 Å². The van der Waals surface area contributed by atoms with E-state index in [1.54, 1.807) is 0 Å². The van der Waals surface area contributed by atoms with Gasteiger partial charge in [0.1, 0.15) is 0 Å². The lowest BCUT2D eigenvalue weighted by Crippen LogP contribution is -2.06. The molecule has 0 spiro atoms. The van der Waals surface area contributed by atoms with Crippen molar-refractivity contribution in [1.29, 1.82) is 0 Å². The lowest BCUT2D eigenvalue weighted by atomic mass is 10.1. The summed E-state index contributed by atoms with van der Waals surface area (Å²) in [6.07, 6.45) is 9.17. The van der Waals surface area contributed by atoms with Crippen molar-refractivity contribution in [3.05, 3.63) is 18.2 Å². The summed E-state index contributed by atoms with van der Waals surface area (Å²) in [5, 5.41) is 0. The molecule has 1 saturated heterocycles. The SMILES string of the molecule is NCc1cn(CCCC2CCCO2)cn1. The Labute approximate surface area is 90.4 Å². The van der Waals surface area contributed by atoms with Crippen LogP contribution in [0.15, 0.2) is 12.5 Å². The first kappa shape index (κ1) is 10.6. The molecule has 4 nitrogen and oxygen atoms in total. The van der Waals surface area contributed by atoms with Gasteiger partial charge in [0.2, 0.25) is 0 Å². The molecular formula is C11H19N3O. The van der Waals surface area contributed by atoms with E-state index in [1.807, 2.05) is 12.5 Å². The first-order chi connectivity index (χ1) is 7.38. The summed E-state index contributed by atoms with van der Waals surface area (Å²) < 4.78 is 7.68. The van der Waals surface area contributed by atoms with Crippen LogP contribution in [0.4, 0.5) is 0 Å². The van der Waals surface area contributed by atoms with Crippen molar-refractivity contribution in [2.75, 3.05) is 6.61 Å². The molecule has 1 aromatic rings. The predicted molar refractivity (Wildman–Crippen MR) is 58.3 cm³/mol. The maximum Gasteiger partial charge on any atom is 0.0949 e. The first-order valence-electron chi connectivity index (χ1n) is 5.71. The van der Waals surface area contributed by atoms with Crippen molar-refractivity contribution in [1.82, 2.24) is 9.55 Å². The molecule has 1 aliphatic heterocycles. The minimum Gasteiger partial charge on any atom is -0.378 e. The Hall–Kier alpha value is -0.870. The van der Waals surface area contributed by atoms with Gasteiger partial charge in [-0.25, -0.2) is 4.98 Å². The second-order valence-corrected chi connectivity index (χ2v) is 4.08. The van der Waals surface area contributed by atoms with Crippen LogP contribution >= 0.6 is 0 Å². The molecule has 0 amide bonds. The van der Waals surface area contributed by atoms with E-state index < -0.39 is 0 Å². The van der Waals surface area contributed by atoms with E-state index in [-0.39, 0.29) is 0 Å². The highest BCUT2D eigenvalue weighted by atomic mass is 16.5. The summed E-state index contributed by atoms with van der Waals surface area (Å²) in [6.45, 7) is 2.50. The molecule has 4 heteroatoms. The highest BCUT2D eigenvalue weighted by molar-refractivity contribution is 4.95. The zero-order valence-electron chi connectivity index (χ0n) is 9.06. The molecular weight excluding hydrogens is 190 g/mol. The lowest BCUT2D eigenvalue weighted by molar-refractivity contribution is 0.101. The van der Waals surface area contributed by atoms with Crippen molar-refractivity contribution in [3.63, 3.8) is 0 Å². The van der Waals surface area contributed by atoms with Gasteiger partial charge in [-0.1, -0.05) is 0 Å². The van der Waals surface area contributed by atoms with Gasteiger partial charge in [-0.15, -0.1) is 0 Å². The minimum atomic E-state index is 0.502. The molecule has 0 aromatic carbocycles. The number of rotatable bonds is 5. The fraction of sp³-hybridized carbons (Fsp3) is 0.727. The van der Waals surface area contributed by atoms with Gasteiger partial charge in [-0.2, -0.15) is 0 Å². The van der Waals surface area contributed by atoms with Gasteiger partial charge in [0.05, 0.1) is 18.1 Å². The van der Waals surface area contributed by atoms with Crippen LogP contribution in [0.25, 0.3) is 0 Å². The largest absolute Gasteiger partial charge is 0.378 e. The van der Waals surface area contributed by atoms with Gasteiger partial charge in [0.15, 0.2) is 0 Å². The Morgan fingerprint density at radius 1 is 1.60 bits per heavy atom. The third-order valence-corrected chi connectivity index (χ3v) is 2.86. The molecule has 15 heavy (non-hydrogen) atoms. The van der Waals surface area contributed by atoms with E-state index in [2.05, 4.69) is 9.55 Å². The molecule has 1 aliphatic rings. The van der Waals surface area contributed by atoms with Crippen molar-refractivity contribution in [2.45, 2.75) is 44.9 Å². The van der Waals surface area contributed by atoms with E-state index in [1.165, 1.54) is 12.8 Å². The summed E-state index contributed by atoms with van der Waals surface area (Å²) in [6, 6.07) is 0. The van der Waals surface area contributed by atoms with Gasteiger partial charge in [0.25, 0.3) is 0 Å². The number of aryl methyl sites for hydroxylation is 1. The molecule has 0 aliphatic carbocycles. The maximum absolute atomic E-state index is 5.57. The number of imidazole rings is 1. The fourth-order valence-electron chi connectivity index (χ4n) is 2.01. The molecule has 2 heterocycles. The number of hydrogen-bond acceptors (Lipinski definition) is 3. The van der Waals surface area contributed by atoms with Crippen LogP contribution in [-0.4, -0.2) is 22.3 Å². The fourth-order valence-corrected chi connectivity index (χ4v) is 2.01. The molecule has 1 unspecified atom stereocenters. The Morgan fingerprint density at radius 3 is 3.20 bits per heavy atom. The van der Waals surface area contributed by atoms with Crippen LogP contribution < -0.4 is 5.73 Å². The highest BCUT2D eigenvalue weighted by Gasteiger charge is 2.14. The van der Waals surface area contributed by atoms with E-state index in [0.717, 1.165) is 31.7 Å². The van der Waals surface area contributed by atoms with Crippen LogP contribution in [0.3, 0.4) is 0 Å². The summed E-state index contributed by atoms with van der Waals surface area (Å²) in [7, 11) is 0. The average Bonchev–Trinajstić information content (AvgIpc) is 2.88. The normalized spacial score (nSPS) is 21.0. The summed E-state index contributed by atoms with van der Waals surface area (Å²) in [5.74, 6) is 0. The zero-order valence-corrected chi connectivity index (χ0v) is 9.06. The molecule has 2 N–H and O–H groups in total. The highest BCUT2D eigenvalue weighted by Crippen LogP contribution is 2.17. The van der Waals surface area contributed by atoms with Crippen LogP contribution in [0.1, 0.15) is 31.4 Å². The summed E-state index contributed by atoms with van der Waals surface area (Å²) in [4.78, 5) is 4.19. The van der Waals surface area contributed by atoms with Gasteiger partial charge < -0.3 is 15.0 Å². The smallest absolute Gasteiger partial charge is 0.0949 e. The Bertz CT molecular complexity index is 292. The van der Waals surface area contributed by atoms with Crippen molar-refractivity contribution < 1.29 is 4.74 Å². The third-order valence-electron chi connectivity index (χ3n) is 2.86. The van der Waals surface area contributed by atoms with Crippen molar-refractivity contribution in [3.8, 4) is 0 Å². The van der Waals surface area contributed by atoms with Gasteiger partial charge in [-0.3, -0.25) is 0 Å². The van der Waals surface area contributed by atoms with E-state index in [0.29, 0.717) is 12.6 Å². The number of ether oxygens (including phenoxy) is 1. The second-order valence-electron chi connectivity index (χ2n) is 4.08. The van der Waals surface area contributed by atoms with E-state index in [4.69, 9.17) is 10.5 Å². The maximum atomic E-state index is 5.57. The first-order valence-corrected chi connectivity index (χ1v) is 5.71. The van der Waals surface area contributed by atoms with Gasteiger partial charge in [-0.05, 0) is 25.7 Å². The molecule has 1 fully saturated rings. The standard InChI is InChI=1S/C11H19N3O/c12-7-10-8-14(9-13-10)5-1-3-11-4-2-6-15-11/h8-9,11H,1-7,12H2. The molecule has 0 radical (unpaired) electrons. The van der Waals surface area contributed by atoms with Gasteiger partial charge in [0, 0.05) is 25.9 Å². The number of nitrogens with two attached hydrogens (primary N) is 1. The second kappa shape index (κ2) is 5.28. The topological polar surface area (TPSA) is 53.1 Å². The molecule has 2 rings (SSSR count). The molecule has 0 saturated carbocycles. The van der Waals surface area contributed by atoms with E-state index >= 15 is 0 Å². The van der Waals surface area contributed by atoms with Crippen LogP contribution in [0.5, 0.6) is 0 Å². The summed E-state index contributed by atoms with van der Waals surface area (Å²) >= 11 is 0. The number of nitrogens with zero attached hydrogens (tertiary/aromatic N) is 2. The Kier molecular flexibility index (Phi) is 3.75. The molecule has 0 bridgehead atoms. The minimum absolute atomic E-state index is 0.502. The quantitative estimate of drug-likeness (QED) is 0.795. The van der Waals surface area contributed by atoms with Crippen LogP contribution in [-0.2, 0) is 17.8 Å². The molecule has 1 aromatic heterocycles. The predicted octanol–water partition coefficient (Wildman–Crippen LogP) is 1.30. The monoisotopic (exact) mass is 209 g/mol. The average molecular weight is 209 g/mol. The third kappa shape index (κ3) is 3.04. The number of hydrogen-bond donors (Lipinski definition) is 1. The van der Waals surface area contributed by atoms with Crippen molar-refractivity contribution in [2.24, 2.45) is 5.73 Å².